The maximum absolute atomic E-state index is 11.0. The predicted octanol–water partition coefficient (Wildman–Crippen LogP) is 1.17. The predicted molar refractivity (Wildman–Crippen MR) is 56.5 cm³/mol. The van der Waals surface area contributed by atoms with Crippen LogP contribution < -0.4 is 11.5 Å². The zero-order valence-electron chi connectivity index (χ0n) is 8.23. The van der Waals surface area contributed by atoms with Gasteiger partial charge in [-0.3, -0.25) is 0 Å². The van der Waals surface area contributed by atoms with E-state index in [2.05, 4.69) is 0 Å². The highest BCUT2D eigenvalue weighted by Gasteiger charge is 2.08. The van der Waals surface area contributed by atoms with Gasteiger partial charge in [0.2, 0.25) is 0 Å². The molecule has 0 aliphatic carbocycles. The van der Waals surface area contributed by atoms with E-state index in [1.54, 1.807) is 0 Å². The van der Waals surface area contributed by atoms with Crippen molar-refractivity contribution in [2.75, 3.05) is 12.3 Å². The molecule has 0 unspecified atom stereocenters. The topological polar surface area (TPSA) is 72.3 Å². The van der Waals surface area contributed by atoms with E-state index in [4.69, 9.17) is 11.5 Å². The van der Waals surface area contributed by atoms with E-state index in [1.165, 1.54) is 4.90 Å². The summed E-state index contributed by atoms with van der Waals surface area (Å²) in [5, 5.41) is 0. The van der Waals surface area contributed by atoms with Gasteiger partial charge in [-0.05, 0) is 18.6 Å². The van der Waals surface area contributed by atoms with E-state index in [0.717, 1.165) is 5.56 Å². The second kappa shape index (κ2) is 4.50. The van der Waals surface area contributed by atoms with E-state index in [9.17, 15) is 4.79 Å². The maximum Gasteiger partial charge on any atom is 0.315 e. The maximum atomic E-state index is 11.0. The number of nitrogens with two attached hydrogens (primary N) is 2. The van der Waals surface area contributed by atoms with Crippen LogP contribution in [0.3, 0.4) is 0 Å². The molecule has 14 heavy (non-hydrogen) atoms. The van der Waals surface area contributed by atoms with Crippen LogP contribution in [0.15, 0.2) is 24.3 Å². The van der Waals surface area contributed by atoms with Crippen molar-refractivity contribution in [1.29, 1.82) is 0 Å². The van der Waals surface area contributed by atoms with Crippen molar-refractivity contribution >= 4 is 11.7 Å². The van der Waals surface area contributed by atoms with Crippen LogP contribution in [0.4, 0.5) is 10.5 Å². The highest BCUT2D eigenvalue weighted by Crippen LogP contribution is 2.12. The minimum atomic E-state index is -0.421. The number of anilines is 1. The quantitative estimate of drug-likeness (QED) is 0.707. The van der Waals surface area contributed by atoms with E-state index in [-0.39, 0.29) is 0 Å². The Hall–Kier alpha value is -1.71. The summed E-state index contributed by atoms with van der Waals surface area (Å²) >= 11 is 0. The lowest BCUT2D eigenvalue weighted by Gasteiger charge is -2.18. The Balaban J connectivity index is 2.77. The minimum absolute atomic E-state index is 0.421. The normalized spacial score (nSPS) is 9.79. The van der Waals surface area contributed by atoms with Crippen molar-refractivity contribution < 1.29 is 4.79 Å². The first kappa shape index (κ1) is 10.4. The number of urea groups is 1. The van der Waals surface area contributed by atoms with Crippen molar-refractivity contribution in [3.8, 4) is 0 Å². The molecule has 0 saturated carbocycles. The largest absolute Gasteiger partial charge is 0.398 e. The number of carbonyl (C=O) groups excluding carboxylic acids is 1. The third kappa shape index (κ3) is 2.39. The molecule has 0 aliphatic rings. The second-order valence-electron chi connectivity index (χ2n) is 3.05. The van der Waals surface area contributed by atoms with Gasteiger partial charge < -0.3 is 16.4 Å². The van der Waals surface area contributed by atoms with Crippen LogP contribution in [0.5, 0.6) is 0 Å². The van der Waals surface area contributed by atoms with Crippen LogP contribution >= 0.6 is 0 Å². The van der Waals surface area contributed by atoms with Crippen LogP contribution in [-0.2, 0) is 6.54 Å². The first-order valence-corrected chi connectivity index (χ1v) is 4.53. The van der Waals surface area contributed by atoms with Crippen LogP contribution in [-0.4, -0.2) is 17.5 Å². The number of rotatable bonds is 3. The van der Waals surface area contributed by atoms with Crippen LogP contribution in [0, 0.1) is 0 Å². The summed E-state index contributed by atoms with van der Waals surface area (Å²) in [5.41, 5.74) is 12.5. The molecule has 76 valence electrons. The zero-order chi connectivity index (χ0) is 10.6. The molecule has 0 radical (unpaired) electrons. The fourth-order valence-electron chi connectivity index (χ4n) is 1.23. The monoisotopic (exact) mass is 193 g/mol. The SMILES string of the molecule is CCN(Cc1ccccc1N)C(N)=O. The first-order chi connectivity index (χ1) is 6.65. The Morgan fingerprint density at radius 3 is 2.57 bits per heavy atom. The third-order valence-corrected chi connectivity index (χ3v) is 2.11. The average Bonchev–Trinajstić information content (AvgIpc) is 2.16. The molecule has 4 heteroatoms. The third-order valence-electron chi connectivity index (χ3n) is 2.11. The van der Waals surface area contributed by atoms with E-state index in [0.29, 0.717) is 18.8 Å². The molecule has 2 amide bonds. The van der Waals surface area contributed by atoms with Gasteiger partial charge in [0.05, 0.1) is 0 Å². The Bertz CT molecular complexity index is 325. The van der Waals surface area contributed by atoms with Crippen molar-refractivity contribution in [3.05, 3.63) is 29.8 Å². The Labute approximate surface area is 83.5 Å². The molecule has 0 aliphatic heterocycles. The number of para-hydroxylation sites is 1. The molecule has 0 aromatic heterocycles. The molecule has 4 nitrogen and oxygen atoms in total. The fourth-order valence-corrected chi connectivity index (χ4v) is 1.23. The van der Waals surface area contributed by atoms with Crippen LogP contribution in [0.1, 0.15) is 12.5 Å². The first-order valence-electron chi connectivity index (χ1n) is 4.53. The lowest BCUT2D eigenvalue weighted by atomic mass is 10.2. The number of benzene rings is 1. The second-order valence-corrected chi connectivity index (χ2v) is 3.05. The zero-order valence-corrected chi connectivity index (χ0v) is 8.23. The number of amides is 2. The molecule has 1 rings (SSSR count). The smallest absolute Gasteiger partial charge is 0.315 e. The molecule has 0 atom stereocenters. The van der Waals surface area contributed by atoms with Gasteiger partial charge in [-0.15, -0.1) is 0 Å². The summed E-state index contributed by atoms with van der Waals surface area (Å²) in [7, 11) is 0. The Kier molecular flexibility index (Phi) is 3.34. The summed E-state index contributed by atoms with van der Waals surface area (Å²) in [6.07, 6.45) is 0. The molecule has 0 heterocycles. The number of hydrogen-bond acceptors (Lipinski definition) is 2. The van der Waals surface area contributed by atoms with Gasteiger partial charge in [0, 0.05) is 18.8 Å². The van der Waals surface area contributed by atoms with E-state index >= 15 is 0 Å². The summed E-state index contributed by atoms with van der Waals surface area (Å²) in [4.78, 5) is 12.5. The number of nitrogens with zero attached hydrogens (tertiary/aromatic N) is 1. The number of primary amides is 1. The van der Waals surface area contributed by atoms with Crippen molar-refractivity contribution in [2.24, 2.45) is 5.73 Å². The summed E-state index contributed by atoms with van der Waals surface area (Å²) in [5.74, 6) is 0. The average molecular weight is 193 g/mol. The fraction of sp³-hybridized carbons (Fsp3) is 0.300. The lowest BCUT2D eigenvalue weighted by molar-refractivity contribution is 0.208. The standard InChI is InChI=1S/C10H15N3O/c1-2-13(10(12)14)7-8-5-3-4-6-9(8)11/h3-6H,2,7,11H2,1H3,(H2,12,14). The molecule has 0 saturated heterocycles. The molecule has 0 spiro atoms. The van der Waals surface area contributed by atoms with Gasteiger partial charge in [0.25, 0.3) is 0 Å². The van der Waals surface area contributed by atoms with Gasteiger partial charge in [-0.1, -0.05) is 18.2 Å². The van der Waals surface area contributed by atoms with Crippen molar-refractivity contribution in [2.45, 2.75) is 13.5 Å². The molecule has 1 aromatic carbocycles. The van der Waals surface area contributed by atoms with E-state index in [1.807, 2.05) is 31.2 Å². The number of hydrogen-bond donors (Lipinski definition) is 2. The molecular weight excluding hydrogens is 178 g/mol. The van der Waals surface area contributed by atoms with Crippen molar-refractivity contribution in [3.63, 3.8) is 0 Å². The Morgan fingerprint density at radius 1 is 1.43 bits per heavy atom. The van der Waals surface area contributed by atoms with Crippen LogP contribution in [0.2, 0.25) is 0 Å². The highest BCUT2D eigenvalue weighted by molar-refractivity contribution is 5.72. The van der Waals surface area contributed by atoms with Gasteiger partial charge in [0.15, 0.2) is 0 Å². The minimum Gasteiger partial charge on any atom is -0.398 e. The molecule has 0 bridgehead atoms. The van der Waals surface area contributed by atoms with Crippen molar-refractivity contribution in [1.82, 2.24) is 4.90 Å². The van der Waals surface area contributed by atoms with Gasteiger partial charge >= 0.3 is 6.03 Å². The highest BCUT2D eigenvalue weighted by atomic mass is 16.2. The van der Waals surface area contributed by atoms with E-state index < -0.39 is 6.03 Å². The molecule has 1 aromatic rings. The summed E-state index contributed by atoms with van der Waals surface area (Å²) in [6, 6.07) is 7.03. The summed E-state index contributed by atoms with van der Waals surface area (Å²) in [6.45, 7) is 2.94. The lowest BCUT2D eigenvalue weighted by Crippen LogP contribution is -2.35. The molecule has 0 fully saturated rings. The van der Waals surface area contributed by atoms with Gasteiger partial charge in [0.1, 0.15) is 0 Å². The van der Waals surface area contributed by atoms with Gasteiger partial charge in [-0.25, -0.2) is 4.79 Å². The van der Waals surface area contributed by atoms with Crippen LogP contribution in [0.25, 0.3) is 0 Å². The molecule has 4 N–H and O–H groups in total. The van der Waals surface area contributed by atoms with Gasteiger partial charge in [-0.2, -0.15) is 0 Å². The summed E-state index contributed by atoms with van der Waals surface area (Å²) < 4.78 is 0. The number of nitrogen functional groups attached to an aromatic ring is 1. The Morgan fingerprint density at radius 2 is 2.07 bits per heavy atom. The molecular formula is C10H15N3O. The number of carbonyl (C=O) groups is 1.